The van der Waals surface area contributed by atoms with E-state index < -0.39 is 40.6 Å². The van der Waals surface area contributed by atoms with Gasteiger partial charge in [0.15, 0.2) is 0 Å². The first-order valence-corrected chi connectivity index (χ1v) is 13.9. The average molecular weight is 533 g/mol. The number of halogens is 2. The zero-order chi connectivity index (χ0) is 25.3. The summed E-state index contributed by atoms with van der Waals surface area (Å²) in [6.45, 7) is 2.01. The Kier molecular flexibility index (Phi) is 6.34. The van der Waals surface area contributed by atoms with Crippen molar-refractivity contribution in [1.29, 1.82) is 0 Å². The Morgan fingerprint density at radius 2 is 1.56 bits per heavy atom. The summed E-state index contributed by atoms with van der Waals surface area (Å²) in [6, 6.07) is 0. The summed E-state index contributed by atoms with van der Waals surface area (Å²) in [6.07, 6.45) is 8.84. The molecule has 8 nitrogen and oxygen atoms in total. The number of carbonyl (C=O) groups is 2. The van der Waals surface area contributed by atoms with E-state index in [4.69, 9.17) is 19.5 Å². The van der Waals surface area contributed by atoms with Gasteiger partial charge in [-0.1, -0.05) is 5.04 Å². The van der Waals surface area contributed by atoms with Gasteiger partial charge in [-0.2, -0.15) is 8.78 Å². The molecule has 2 unspecified atom stereocenters. The lowest BCUT2D eigenvalue weighted by atomic mass is 9.50. The van der Waals surface area contributed by atoms with Crippen molar-refractivity contribution in [2.45, 2.75) is 93.7 Å². The van der Waals surface area contributed by atoms with Crippen LogP contribution in [0.4, 0.5) is 8.78 Å². The highest BCUT2D eigenvalue weighted by molar-refractivity contribution is 7.96. The molecule has 8 fully saturated rings. The molecule has 202 valence electrons. The molecule has 8 aliphatic carbocycles. The Morgan fingerprint density at radius 3 is 2.14 bits per heavy atom. The lowest BCUT2D eigenvalue weighted by Crippen LogP contribution is -2.60. The van der Waals surface area contributed by atoms with Crippen LogP contribution in [0.25, 0.3) is 0 Å². The third-order valence-corrected chi connectivity index (χ3v) is 10.9. The SMILES string of the molecule is CC1(OC(=O)COC23CC4CC(C2)C(OC(=O)C(F)(F)SOOO)C(C4)C3)C2CC3CC(C2)CC1C3. The number of esters is 2. The molecule has 0 saturated heterocycles. The molecule has 36 heavy (non-hydrogen) atoms. The van der Waals surface area contributed by atoms with E-state index in [1.54, 1.807) is 0 Å². The largest absolute Gasteiger partial charge is 0.457 e. The van der Waals surface area contributed by atoms with Gasteiger partial charge >= 0.3 is 17.2 Å². The molecule has 0 spiro atoms. The molecule has 2 atom stereocenters. The van der Waals surface area contributed by atoms with Crippen LogP contribution in [-0.2, 0) is 33.2 Å². The van der Waals surface area contributed by atoms with Crippen LogP contribution in [0.3, 0.4) is 0 Å². The van der Waals surface area contributed by atoms with Crippen LogP contribution in [0, 0.1) is 41.4 Å². The van der Waals surface area contributed by atoms with Gasteiger partial charge in [-0.05, 0) is 113 Å². The van der Waals surface area contributed by atoms with Crippen molar-refractivity contribution in [2.75, 3.05) is 6.61 Å². The number of ether oxygens (including phenoxy) is 3. The highest BCUT2D eigenvalue weighted by atomic mass is 32.2. The Bertz CT molecular complexity index is 855. The minimum atomic E-state index is -4.01. The zero-order valence-corrected chi connectivity index (χ0v) is 21.2. The monoisotopic (exact) mass is 532 g/mol. The lowest BCUT2D eigenvalue weighted by Gasteiger charge is -2.59. The summed E-state index contributed by atoms with van der Waals surface area (Å²) in [5.74, 6) is 0.587. The molecule has 0 radical (unpaired) electrons. The second-order valence-electron chi connectivity index (χ2n) is 12.5. The number of rotatable bonds is 9. The van der Waals surface area contributed by atoms with E-state index >= 15 is 0 Å². The van der Waals surface area contributed by atoms with E-state index in [-0.39, 0.29) is 24.4 Å². The van der Waals surface area contributed by atoms with Gasteiger partial charge < -0.3 is 14.2 Å². The Labute approximate surface area is 213 Å². The summed E-state index contributed by atoms with van der Waals surface area (Å²) in [4.78, 5) is 25.1. The predicted octanol–water partition coefficient (Wildman–Crippen LogP) is 4.91. The first kappa shape index (κ1) is 25.3. The van der Waals surface area contributed by atoms with Crippen molar-refractivity contribution in [3.05, 3.63) is 0 Å². The first-order chi connectivity index (χ1) is 17.1. The van der Waals surface area contributed by atoms with Crippen LogP contribution in [0.15, 0.2) is 0 Å². The summed E-state index contributed by atoms with van der Waals surface area (Å²) >= 11 is -0.611. The minimum absolute atomic E-state index is 0.103. The molecule has 11 heteroatoms. The smallest absolute Gasteiger partial charge is 0.415 e. The van der Waals surface area contributed by atoms with Crippen molar-refractivity contribution in [2.24, 2.45) is 41.4 Å². The van der Waals surface area contributed by atoms with Crippen molar-refractivity contribution < 1.29 is 47.2 Å². The van der Waals surface area contributed by atoms with Gasteiger partial charge in [0.2, 0.25) is 0 Å². The van der Waals surface area contributed by atoms with Crippen LogP contribution >= 0.6 is 12.0 Å². The Hall–Kier alpha value is -1.01. The van der Waals surface area contributed by atoms with E-state index in [0.717, 1.165) is 56.8 Å². The fourth-order valence-electron chi connectivity index (χ4n) is 9.33. The third kappa shape index (κ3) is 4.36. The highest BCUT2D eigenvalue weighted by Crippen LogP contribution is 2.60. The average Bonchev–Trinajstić information content (AvgIpc) is 2.81. The molecule has 1 N–H and O–H groups in total. The molecule has 0 aliphatic heterocycles. The minimum Gasteiger partial charge on any atom is -0.457 e. The molecular formula is C25H34F2O8S. The van der Waals surface area contributed by atoms with Crippen LogP contribution in [0.1, 0.15) is 71.1 Å². The number of hydrogen-bond acceptors (Lipinski definition) is 9. The normalized spacial score (nSPS) is 46.2. The van der Waals surface area contributed by atoms with Gasteiger partial charge in [0.05, 0.1) is 5.60 Å². The Morgan fingerprint density at radius 1 is 0.944 bits per heavy atom. The molecule has 8 bridgehead atoms. The lowest BCUT2D eigenvalue weighted by molar-refractivity contribution is -0.433. The van der Waals surface area contributed by atoms with Crippen molar-refractivity contribution in [3.8, 4) is 0 Å². The van der Waals surface area contributed by atoms with Crippen molar-refractivity contribution in [1.82, 2.24) is 0 Å². The number of alkyl halides is 2. The number of hydrogen-bond donors (Lipinski definition) is 1. The van der Waals surface area contributed by atoms with E-state index in [1.807, 2.05) is 0 Å². The molecule has 0 amide bonds. The summed E-state index contributed by atoms with van der Waals surface area (Å²) in [7, 11) is 0. The highest BCUT2D eigenvalue weighted by Gasteiger charge is 2.60. The van der Waals surface area contributed by atoms with E-state index in [9.17, 15) is 18.4 Å². The summed E-state index contributed by atoms with van der Waals surface area (Å²) in [5, 5.41) is 7.26. The summed E-state index contributed by atoms with van der Waals surface area (Å²) in [5.41, 5.74) is -0.906. The van der Waals surface area contributed by atoms with Crippen LogP contribution in [-0.4, -0.2) is 46.4 Å². The maximum Gasteiger partial charge on any atom is 0.415 e. The molecule has 8 aliphatic rings. The second kappa shape index (κ2) is 9.03. The fourth-order valence-corrected chi connectivity index (χ4v) is 9.56. The van der Waals surface area contributed by atoms with Gasteiger partial charge in [-0.3, -0.25) is 0 Å². The topological polar surface area (TPSA) is 101 Å². The van der Waals surface area contributed by atoms with E-state index in [0.29, 0.717) is 30.6 Å². The maximum absolute atomic E-state index is 13.9. The molecule has 0 aromatic rings. The molecule has 0 heterocycles. The second-order valence-corrected chi connectivity index (χ2v) is 13.3. The molecule has 8 rings (SSSR count). The molecule has 0 aromatic heterocycles. The van der Waals surface area contributed by atoms with E-state index in [1.165, 1.54) is 6.42 Å². The zero-order valence-electron chi connectivity index (χ0n) is 20.4. The fraction of sp³-hybridized carbons (Fsp3) is 0.920. The van der Waals surface area contributed by atoms with Crippen LogP contribution < -0.4 is 0 Å². The van der Waals surface area contributed by atoms with Gasteiger partial charge in [-0.15, -0.1) is 4.33 Å². The van der Waals surface area contributed by atoms with E-state index in [2.05, 4.69) is 16.3 Å². The molecule has 8 saturated carbocycles. The molecule has 0 aromatic carbocycles. The van der Waals surface area contributed by atoms with Gasteiger partial charge in [0.25, 0.3) is 0 Å². The maximum atomic E-state index is 13.9. The summed E-state index contributed by atoms with van der Waals surface area (Å²) < 4.78 is 49.3. The number of carbonyl (C=O) groups excluding carboxylic acids is 2. The molecular weight excluding hydrogens is 498 g/mol. The van der Waals surface area contributed by atoms with Gasteiger partial charge in [-0.25, -0.2) is 14.8 Å². The third-order valence-electron chi connectivity index (χ3n) is 10.4. The first-order valence-electron chi connectivity index (χ1n) is 13.2. The predicted molar refractivity (Wildman–Crippen MR) is 121 cm³/mol. The van der Waals surface area contributed by atoms with Crippen molar-refractivity contribution >= 4 is 24.0 Å². The standard InChI is InChI=1S/C25H34F2O8S/c1-23(18-5-13-2-14(7-18)8-19(23)6-13)33-20(28)12-31-24-9-15-3-16(10-24)21(17(4-15)11-24)32-22(29)25(26,27)36-35-34-30/h13-19,21,30H,2-12H2,1H3. The van der Waals surface area contributed by atoms with Crippen LogP contribution in [0.2, 0.25) is 0 Å². The van der Waals surface area contributed by atoms with Crippen LogP contribution in [0.5, 0.6) is 0 Å². The van der Waals surface area contributed by atoms with Gasteiger partial charge in [0, 0.05) is 0 Å². The quantitative estimate of drug-likeness (QED) is 0.192. The van der Waals surface area contributed by atoms with Crippen molar-refractivity contribution in [3.63, 3.8) is 0 Å². The van der Waals surface area contributed by atoms with Gasteiger partial charge in [0.1, 0.15) is 30.4 Å². The Balaban J connectivity index is 1.05.